The first kappa shape index (κ1) is 11.3. The van der Waals surface area contributed by atoms with Gasteiger partial charge in [-0.15, -0.1) is 0 Å². The molecule has 1 aromatic carbocycles. The van der Waals surface area contributed by atoms with Crippen LogP contribution in [0.1, 0.15) is 25.8 Å². The quantitative estimate of drug-likeness (QED) is 0.744. The normalized spacial score (nSPS) is 10.6. The number of hydrogen-bond donors (Lipinski definition) is 0. The number of ketones is 1. The van der Waals surface area contributed by atoms with E-state index >= 15 is 0 Å². The minimum absolute atomic E-state index is 0.141. The smallest absolute Gasteiger partial charge is 0.135 e. The Kier molecular flexibility index (Phi) is 4.15. The van der Waals surface area contributed by atoms with Crippen LogP contribution in [-0.2, 0) is 11.2 Å². The maximum Gasteiger partial charge on any atom is 0.135 e. The van der Waals surface area contributed by atoms with Crippen molar-refractivity contribution in [3.63, 3.8) is 0 Å². The largest absolute Gasteiger partial charge is 0.299 e. The van der Waals surface area contributed by atoms with E-state index in [9.17, 15) is 4.79 Å². The fourth-order valence-corrected chi connectivity index (χ4v) is 1.33. The van der Waals surface area contributed by atoms with Crippen LogP contribution in [0.3, 0.4) is 0 Å². The second kappa shape index (κ2) is 5.16. The Bertz CT molecular complexity index is 301. The second-order valence-electron chi connectivity index (χ2n) is 3.75. The van der Waals surface area contributed by atoms with Gasteiger partial charge in [0, 0.05) is 17.4 Å². The molecule has 1 aromatic rings. The molecule has 1 rings (SSSR count). The van der Waals surface area contributed by atoms with Crippen LogP contribution in [0.25, 0.3) is 0 Å². The van der Waals surface area contributed by atoms with Gasteiger partial charge in [0.15, 0.2) is 0 Å². The summed E-state index contributed by atoms with van der Waals surface area (Å²) in [6.07, 6.45) is 1.44. The molecule has 0 unspecified atom stereocenters. The Morgan fingerprint density at radius 2 is 1.86 bits per heavy atom. The zero-order valence-corrected chi connectivity index (χ0v) is 9.34. The number of rotatable bonds is 4. The van der Waals surface area contributed by atoms with Gasteiger partial charge in [-0.25, -0.2) is 0 Å². The average Bonchev–Trinajstić information content (AvgIpc) is 2.16. The van der Waals surface area contributed by atoms with Crippen molar-refractivity contribution in [2.75, 3.05) is 0 Å². The van der Waals surface area contributed by atoms with E-state index in [4.69, 9.17) is 11.6 Å². The Balaban J connectivity index is 2.46. The van der Waals surface area contributed by atoms with Gasteiger partial charge in [0.2, 0.25) is 0 Å². The van der Waals surface area contributed by atoms with E-state index in [1.165, 1.54) is 5.56 Å². The van der Waals surface area contributed by atoms with Gasteiger partial charge in [-0.05, 0) is 24.1 Å². The Hall–Kier alpha value is -0.820. The summed E-state index contributed by atoms with van der Waals surface area (Å²) in [5, 5.41) is 0.740. The first-order valence-corrected chi connectivity index (χ1v) is 5.24. The molecule has 0 aliphatic carbocycles. The topological polar surface area (TPSA) is 17.1 Å². The van der Waals surface area contributed by atoms with Crippen LogP contribution in [-0.4, -0.2) is 5.78 Å². The minimum atomic E-state index is 0.141. The maximum atomic E-state index is 11.4. The highest BCUT2D eigenvalue weighted by Gasteiger charge is 2.06. The van der Waals surface area contributed by atoms with Crippen LogP contribution < -0.4 is 0 Å². The molecule has 2 heteroatoms. The average molecular weight is 211 g/mol. The summed E-state index contributed by atoms with van der Waals surface area (Å²) >= 11 is 5.76. The number of aryl methyl sites for hydroxylation is 1. The van der Waals surface area contributed by atoms with Crippen molar-refractivity contribution in [3.05, 3.63) is 34.9 Å². The Morgan fingerprint density at radius 3 is 2.36 bits per heavy atom. The number of hydrogen-bond acceptors (Lipinski definition) is 1. The van der Waals surface area contributed by atoms with E-state index < -0.39 is 0 Å². The first-order valence-electron chi connectivity index (χ1n) is 4.86. The monoisotopic (exact) mass is 210 g/mol. The third-order valence-corrected chi connectivity index (χ3v) is 2.47. The van der Waals surface area contributed by atoms with Crippen LogP contribution in [0, 0.1) is 5.92 Å². The number of benzene rings is 1. The molecular weight excluding hydrogens is 196 g/mol. The van der Waals surface area contributed by atoms with E-state index in [2.05, 4.69) is 0 Å². The van der Waals surface area contributed by atoms with Crippen molar-refractivity contribution in [2.45, 2.75) is 26.7 Å². The van der Waals surface area contributed by atoms with Gasteiger partial charge in [-0.2, -0.15) is 0 Å². The highest BCUT2D eigenvalue weighted by Crippen LogP contribution is 2.12. The zero-order valence-electron chi connectivity index (χ0n) is 8.59. The second-order valence-corrected chi connectivity index (χ2v) is 4.18. The van der Waals surface area contributed by atoms with Crippen LogP contribution in [0.2, 0.25) is 5.02 Å². The Morgan fingerprint density at radius 1 is 1.29 bits per heavy atom. The molecule has 0 aromatic heterocycles. The lowest BCUT2D eigenvalue weighted by Crippen LogP contribution is -2.07. The van der Waals surface area contributed by atoms with Gasteiger partial charge in [0.25, 0.3) is 0 Å². The first-order chi connectivity index (χ1) is 6.59. The van der Waals surface area contributed by atoms with Crippen LogP contribution >= 0.6 is 11.6 Å². The lowest BCUT2D eigenvalue weighted by molar-refractivity contribution is -0.121. The summed E-state index contributed by atoms with van der Waals surface area (Å²) < 4.78 is 0. The maximum absolute atomic E-state index is 11.4. The molecule has 0 saturated heterocycles. The highest BCUT2D eigenvalue weighted by atomic mass is 35.5. The molecule has 0 fully saturated rings. The van der Waals surface area contributed by atoms with E-state index in [1.807, 2.05) is 38.1 Å². The molecule has 0 heterocycles. The molecule has 0 aliphatic heterocycles. The predicted molar refractivity (Wildman–Crippen MR) is 59.6 cm³/mol. The molecule has 0 amide bonds. The number of carbonyl (C=O) groups excluding carboxylic acids is 1. The summed E-state index contributed by atoms with van der Waals surface area (Å²) in [6, 6.07) is 7.65. The van der Waals surface area contributed by atoms with Crippen molar-refractivity contribution in [3.8, 4) is 0 Å². The zero-order chi connectivity index (χ0) is 10.6. The summed E-state index contributed by atoms with van der Waals surface area (Å²) in [6.45, 7) is 3.87. The van der Waals surface area contributed by atoms with Crippen molar-refractivity contribution in [2.24, 2.45) is 5.92 Å². The third kappa shape index (κ3) is 3.51. The molecule has 0 N–H and O–H groups in total. The molecule has 0 aliphatic rings. The van der Waals surface area contributed by atoms with Crippen LogP contribution in [0.5, 0.6) is 0 Å². The molecule has 0 atom stereocenters. The lowest BCUT2D eigenvalue weighted by Gasteiger charge is -2.03. The third-order valence-electron chi connectivity index (χ3n) is 2.22. The van der Waals surface area contributed by atoms with Crippen LogP contribution in [0.15, 0.2) is 24.3 Å². The number of Topliss-reactive ketones (excluding diaryl/α,β-unsaturated/α-hetero) is 1. The van der Waals surface area contributed by atoms with Gasteiger partial charge < -0.3 is 0 Å². The fraction of sp³-hybridized carbons (Fsp3) is 0.417. The van der Waals surface area contributed by atoms with Gasteiger partial charge in [-0.1, -0.05) is 37.6 Å². The number of halogens is 1. The standard InChI is InChI=1S/C12H15ClO/c1-9(2)12(14)8-5-10-3-6-11(13)7-4-10/h3-4,6-7,9H,5,8H2,1-2H3. The SMILES string of the molecule is CC(C)C(=O)CCc1ccc(Cl)cc1. The summed E-state index contributed by atoms with van der Waals surface area (Å²) in [7, 11) is 0. The molecule has 0 bridgehead atoms. The van der Waals surface area contributed by atoms with Crippen molar-refractivity contribution in [1.29, 1.82) is 0 Å². The van der Waals surface area contributed by atoms with E-state index in [0.29, 0.717) is 12.2 Å². The van der Waals surface area contributed by atoms with Gasteiger partial charge in [0.1, 0.15) is 5.78 Å². The molecule has 76 valence electrons. The lowest BCUT2D eigenvalue weighted by atomic mass is 10.0. The molecule has 0 spiro atoms. The van der Waals surface area contributed by atoms with Crippen molar-refractivity contribution in [1.82, 2.24) is 0 Å². The molecule has 0 radical (unpaired) electrons. The Labute approximate surface area is 90.1 Å². The molecule has 1 nitrogen and oxygen atoms in total. The predicted octanol–water partition coefficient (Wildman–Crippen LogP) is 3.50. The minimum Gasteiger partial charge on any atom is -0.299 e. The number of carbonyl (C=O) groups is 1. The van der Waals surface area contributed by atoms with Crippen LogP contribution in [0.4, 0.5) is 0 Å². The summed E-state index contributed by atoms with van der Waals surface area (Å²) in [4.78, 5) is 11.4. The summed E-state index contributed by atoms with van der Waals surface area (Å²) in [5.74, 6) is 0.460. The molecule has 14 heavy (non-hydrogen) atoms. The highest BCUT2D eigenvalue weighted by molar-refractivity contribution is 6.30. The van der Waals surface area contributed by atoms with E-state index in [1.54, 1.807) is 0 Å². The van der Waals surface area contributed by atoms with Gasteiger partial charge >= 0.3 is 0 Å². The fourth-order valence-electron chi connectivity index (χ4n) is 1.21. The van der Waals surface area contributed by atoms with Crippen molar-refractivity contribution >= 4 is 17.4 Å². The van der Waals surface area contributed by atoms with Gasteiger partial charge in [-0.3, -0.25) is 4.79 Å². The molecule has 0 saturated carbocycles. The molecular formula is C12H15ClO. The summed E-state index contributed by atoms with van der Waals surface area (Å²) in [5.41, 5.74) is 1.17. The van der Waals surface area contributed by atoms with E-state index in [0.717, 1.165) is 11.4 Å². The van der Waals surface area contributed by atoms with Gasteiger partial charge in [0.05, 0.1) is 0 Å². The van der Waals surface area contributed by atoms with Crippen molar-refractivity contribution < 1.29 is 4.79 Å². The van der Waals surface area contributed by atoms with E-state index in [-0.39, 0.29) is 5.92 Å².